The number of carbonyl (C=O) groups excluding carboxylic acids is 1. The summed E-state index contributed by atoms with van der Waals surface area (Å²) < 4.78 is 0. The third-order valence-electron chi connectivity index (χ3n) is 3.33. The van der Waals surface area contributed by atoms with Gasteiger partial charge >= 0.3 is 5.97 Å². The highest BCUT2D eigenvalue weighted by atomic mass is 16.4. The molecule has 5 heteroatoms. The second-order valence-corrected chi connectivity index (χ2v) is 4.89. The van der Waals surface area contributed by atoms with Gasteiger partial charge in [-0.1, -0.05) is 38.0 Å². The first kappa shape index (κ1) is 15.0. The molecule has 1 aromatic heterocycles. The minimum Gasteiger partial charge on any atom is -0.480 e. The molecule has 0 fully saturated rings. The van der Waals surface area contributed by atoms with Gasteiger partial charge in [0.1, 0.15) is 6.04 Å². The second-order valence-electron chi connectivity index (χ2n) is 4.89. The highest BCUT2D eigenvalue weighted by Gasteiger charge is 2.21. The van der Waals surface area contributed by atoms with Gasteiger partial charge in [-0.05, 0) is 18.6 Å². The lowest BCUT2D eigenvalue weighted by atomic mass is 10.1. The molecule has 0 saturated carbocycles. The van der Waals surface area contributed by atoms with Gasteiger partial charge in [-0.3, -0.25) is 9.78 Å². The van der Waals surface area contributed by atoms with Crippen LogP contribution >= 0.6 is 0 Å². The zero-order valence-electron chi connectivity index (χ0n) is 11.9. The molecule has 110 valence electrons. The highest BCUT2D eigenvalue weighted by Crippen LogP contribution is 2.16. The Morgan fingerprint density at radius 1 is 1.29 bits per heavy atom. The van der Waals surface area contributed by atoms with Gasteiger partial charge in [0.25, 0.3) is 5.91 Å². The first-order valence-corrected chi connectivity index (χ1v) is 7.01. The average Bonchev–Trinajstić information content (AvgIpc) is 2.50. The maximum atomic E-state index is 12.3. The maximum absolute atomic E-state index is 12.3. The highest BCUT2D eigenvalue weighted by molar-refractivity contribution is 6.06. The van der Waals surface area contributed by atoms with Crippen molar-refractivity contribution in [2.75, 3.05) is 0 Å². The summed E-state index contributed by atoms with van der Waals surface area (Å²) in [5.41, 5.74) is 0.980. The Morgan fingerprint density at radius 3 is 2.76 bits per heavy atom. The summed E-state index contributed by atoms with van der Waals surface area (Å²) >= 11 is 0. The molecule has 0 aliphatic carbocycles. The number of para-hydroxylation sites is 1. The topological polar surface area (TPSA) is 79.3 Å². The standard InChI is InChI=1S/C16H18N2O3/c1-2-3-9-13(16(20)21)18-15(19)12-8-4-6-11-7-5-10-17-14(11)12/h4-8,10,13H,2-3,9H2,1H3,(H,18,19)(H,20,21)/t13-/m1/s1. The van der Waals surface area contributed by atoms with Gasteiger partial charge in [-0.15, -0.1) is 0 Å². The van der Waals surface area contributed by atoms with Crippen LogP contribution in [-0.4, -0.2) is 28.0 Å². The first-order chi connectivity index (χ1) is 10.1. The molecule has 0 spiro atoms. The van der Waals surface area contributed by atoms with Crippen molar-refractivity contribution in [3.05, 3.63) is 42.1 Å². The van der Waals surface area contributed by atoms with Gasteiger partial charge in [0.2, 0.25) is 0 Å². The van der Waals surface area contributed by atoms with Crippen LogP contribution in [0.3, 0.4) is 0 Å². The number of nitrogens with zero attached hydrogens (tertiary/aromatic N) is 1. The third kappa shape index (κ3) is 3.56. The molecule has 1 aromatic carbocycles. The minimum atomic E-state index is -1.01. The lowest BCUT2D eigenvalue weighted by Gasteiger charge is -2.14. The van der Waals surface area contributed by atoms with Crippen LogP contribution in [0.15, 0.2) is 36.5 Å². The number of aromatic nitrogens is 1. The molecule has 2 aromatic rings. The van der Waals surface area contributed by atoms with Gasteiger partial charge < -0.3 is 10.4 Å². The lowest BCUT2D eigenvalue weighted by molar-refractivity contribution is -0.139. The number of carboxylic acid groups (broad SMARTS) is 1. The molecule has 1 amide bonds. The van der Waals surface area contributed by atoms with Gasteiger partial charge in [0.15, 0.2) is 0 Å². The number of carbonyl (C=O) groups is 2. The van der Waals surface area contributed by atoms with E-state index in [0.29, 0.717) is 17.5 Å². The molecule has 0 aliphatic heterocycles. The number of amides is 1. The lowest BCUT2D eigenvalue weighted by Crippen LogP contribution is -2.40. The van der Waals surface area contributed by atoms with E-state index in [1.807, 2.05) is 19.1 Å². The third-order valence-corrected chi connectivity index (χ3v) is 3.33. The van der Waals surface area contributed by atoms with E-state index >= 15 is 0 Å². The molecule has 21 heavy (non-hydrogen) atoms. The molecule has 5 nitrogen and oxygen atoms in total. The van der Waals surface area contributed by atoms with Crippen molar-refractivity contribution in [2.24, 2.45) is 0 Å². The summed E-state index contributed by atoms with van der Waals surface area (Å²) in [6.45, 7) is 1.98. The van der Waals surface area contributed by atoms with Crippen LogP contribution in [0.5, 0.6) is 0 Å². The van der Waals surface area contributed by atoms with Crippen LogP contribution in [0.4, 0.5) is 0 Å². The Kier molecular flexibility index (Phi) is 4.87. The predicted molar refractivity (Wildman–Crippen MR) is 80.2 cm³/mol. The number of unbranched alkanes of at least 4 members (excludes halogenated alkanes) is 1. The van der Waals surface area contributed by atoms with Crippen molar-refractivity contribution >= 4 is 22.8 Å². The molecule has 0 saturated heterocycles. The van der Waals surface area contributed by atoms with Gasteiger partial charge in [0.05, 0.1) is 11.1 Å². The zero-order valence-corrected chi connectivity index (χ0v) is 11.9. The van der Waals surface area contributed by atoms with Crippen molar-refractivity contribution in [1.82, 2.24) is 10.3 Å². The Balaban J connectivity index is 2.23. The summed E-state index contributed by atoms with van der Waals surface area (Å²) in [6, 6.07) is 8.09. The molecule has 2 rings (SSSR count). The summed E-state index contributed by atoms with van der Waals surface area (Å²) in [4.78, 5) is 27.7. The number of benzene rings is 1. The van der Waals surface area contributed by atoms with Crippen molar-refractivity contribution in [1.29, 1.82) is 0 Å². The van der Waals surface area contributed by atoms with Crippen molar-refractivity contribution in [3.8, 4) is 0 Å². The van der Waals surface area contributed by atoms with Crippen LogP contribution in [-0.2, 0) is 4.79 Å². The molecular formula is C16H18N2O3. The SMILES string of the molecule is CCCC[C@@H](NC(=O)c1cccc2cccnc12)C(=O)O. The summed E-state index contributed by atoms with van der Waals surface area (Å²) in [7, 11) is 0. The summed E-state index contributed by atoms with van der Waals surface area (Å²) in [5.74, 6) is -1.41. The minimum absolute atomic E-state index is 0.399. The van der Waals surface area contributed by atoms with E-state index < -0.39 is 17.9 Å². The van der Waals surface area contributed by atoms with E-state index in [0.717, 1.165) is 18.2 Å². The van der Waals surface area contributed by atoms with Gasteiger partial charge in [-0.25, -0.2) is 4.79 Å². The normalized spacial score (nSPS) is 12.0. The number of hydrogen-bond acceptors (Lipinski definition) is 3. The number of pyridine rings is 1. The van der Waals surface area contributed by atoms with Crippen molar-refractivity contribution in [3.63, 3.8) is 0 Å². The van der Waals surface area contributed by atoms with Crippen LogP contribution in [0.1, 0.15) is 36.5 Å². The van der Waals surface area contributed by atoms with E-state index in [1.165, 1.54) is 0 Å². The zero-order chi connectivity index (χ0) is 15.2. The molecule has 1 atom stereocenters. The Labute approximate surface area is 123 Å². The smallest absolute Gasteiger partial charge is 0.326 e. The molecule has 0 radical (unpaired) electrons. The van der Waals surface area contributed by atoms with E-state index in [4.69, 9.17) is 0 Å². The number of fused-ring (bicyclic) bond motifs is 1. The van der Waals surface area contributed by atoms with E-state index in [1.54, 1.807) is 24.4 Å². The van der Waals surface area contributed by atoms with Crippen molar-refractivity contribution in [2.45, 2.75) is 32.2 Å². The van der Waals surface area contributed by atoms with Crippen LogP contribution < -0.4 is 5.32 Å². The number of aliphatic carboxylic acids is 1. The summed E-state index contributed by atoms with van der Waals surface area (Å²) in [5, 5.41) is 12.6. The van der Waals surface area contributed by atoms with Crippen LogP contribution in [0.25, 0.3) is 10.9 Å². The predicted octanol–water partition coefficient (Wildman–Crippen LogP) is 2.61. The fraction of sp³-hybridized carbons (Fsp3) is 0.312. The molecular weight excluding hydrogens is 268 g/mol. The maximum Gasteiger partial charge on any atom is 0.326 e. The van der Waals surface area contributed by atoms with Gasteiger partial charge in [-0.2, -0.15) is 0 Å². The van der Waals surface area contributed by atoms with E-state index in [-0.39, 0.29) is 0 Å². The Bertz CT molecular complexity index is 650. The fourth-order valence-corrected chi connectivity index (χ4v) is 2.19. The number of rotatable bonds is 6. The molecule has 2 N–H and O–H groups in total. The second kappa shape index (κ2) is 6.83. The fourth-order valence-electron chi connectivity index (χ4n) is 2.19. The first-order valence-electron chi connectivity index (χ1n) is 7.01. The molecule has 1 heterocycles. The number of carboxylic acids is 1. The largest absolute Gasteiger partial charge is 0.480 e. The van der Waals surface area contributed by atoms with E-state index in [9.17, 15) is 14.7 Å². The average molecular weight is 286 g/mol. The van der Waals surface area contributed by atoms with Crippen LogP contribution in [0.2, 0.25) is 0 Å². The van der Waals surface area contributed by atoms with Crippen molar-refractivity contribution < 1.29 is 14.7 Å². The van der Waals surface area contributed by atoms with Crippen LogP contribution in [0, 0.1) is 0 Å². The molecule has 0 bridgehead atoms. The Morgan fingerprint density at radius 2 is 2.05 bits per heavy atom. The summed E-state index contributed by atoms with van der Waals surface area (Å²) in [6.07, 6.45) is 3.68. The molecule has 0 unspecified atom stereocenters. The Hall–Kier alpha value is -2.43. The molecule has 0 aliphatic rings. The van der Waals surface area contributed by atoms with Gasteiger partial charge in [0, 0.05) is 11.6 Å². The number of nitrogens with one attached hydrogen (secondary N) is 1. The van der Waals surface area contributed by atoms with E-state index in [2.05, 4.69) is 10.3 Å². The number of hydrogen-bond donors (Lipinski definition) is 2. The monoisotopic (exact) mass is 286 g/mol. The quantitative estimate of drug-likeness (QED) is 0.855.